The Morgan fingerprint density at radius 3 is 2.32 bits per heavy atom. The maximum absolute atomic E-state index is 12.5. The molecule has 1 aliphatic heterocycles. The summed E-state index contributed by atoms with van der Waals surface area (Å²) >= 11 is 0. The topological polar surface area (TPSA) is 67.6 Å². The molecular weight excluding hydrogens is 278 g/mol. The van der Waals surface area contributed by atoms with Crippen LogP contribution in [0.15, 0.2) is 0 Å². The zero-order chi connectivity index (χ0) is 16.4. The largest absolute Gasteiger partial charge is 0.373 e. The van der Waals surface area contributed by atoms with Gasteiger partial charge in [0, 0.05) is 25.2 Å². The number of amides is 1. The quantitative estimate of drug-likeness (QED) is 0.828. The number of carbonyl (C=O) groups excluding carboxylic acids is 1. The van der Waals surface area contributed by atoms with E-state index in [1.165, 1.54) is 6.42 Å². The standard InChI is InChI=1S/C17H33N3O2/c1-13-10-20(11-14(2)22-13)16(3,4)12-19-15(21)17(18)8-6-5-7-9-17/h13-14H,5-12,18H2,1-4H3,(H,19,21). The minimum Gasteiger partial charge on any atom is -0.373 e. The fourth-order valence-corrected chi connectivity index (χ4v) is 3.67. The van der Waals surface area contributed by atoms with E-state index in [9.17, 15) is 4.79 Å². The highest BCUT2D eigenvalue weighted by Crippen LogP contribution is 2.26. The molecule has 2 unspecified atom stereocenters. The van der Waals surface area contributed by atoms with Crippen molar-refractivity contribution in [3.63, 3.8) is 0 Å². The number of ether oxygens (including phenoxy) is 1. The summed E-state index contributed by atoms with van der Waals surface area (Å²) in [6.45, 7) is 11.0. The van der Waals surface area contributed by atoms with Gasteiger partial charge in [-0.3, -0.25) is 9.69 Å². The van der Waals surface area contributed by atoms with Crippen LogP contribution in [0.25, 0.3) is 0 Å². The van der Waals surface area contributed by atoms with Gasteiger partial charge >= 0.3 is 0 Å². The molecule has 0 spiro atoms. The Balaban J connectivity index is 1.90. The van der Waals surface area contributed by atoms with Crippen molar-refractivity contribution in [3.05, 3.63) is 0 Å². The number of nitrogens with one attached hydrogen (secondary N) is 1. The lowest BCUT2D eigenvalue weighted by atomic mass is 9.81. The molecule has 0 bridgehead atoms. The third kappa shape index (κ3) is 4.21. The van der Waals surface area contributed by atoms with Gasteiger partial charge in [-0.1, -0.05) is 19.3 Å². The fourth-order valence-electron chi connectivity index (χ4n) is 3.67. The minimum atomic E-state index is -0.653. The van der Waals surface area contributed by atoms with Crippen molar-refractivity contribution < 1.29 is 9.53 Å². The summed E-state index contributed by atoms with van der Waals surface area (Å²) in [5.74, 6) is 0.0228. The molecule has 1 heterocycles. The second-order valence-corrected chi connectivity index (χ2v) is 7.87. The van der Waals surface area contributed by atoms with Gasteiger partial charge in [-0.15, -0.1) is 0 Å². The number of hydrogen-bond donors (Lipinski definition) is 2. The summed E-state index contributed by atoms with van der Waals surface area (Å²) in [6.07, 6.45) is 5.41. The molecule has 0 radical (unpaired) electrons. The van der Waals surface area contributed by atoms with Crippen molar-refractivity contribution in [2.24, 2.45) is 5.73 Å². The Bertz CT molecular complexity index is 381. The molecule has 0 aromatic heterocycles. The maximum atomic E-state index is 12.5. The van der Waals surface area contributed by atoms with Crippen LogP contribution in [0, 0.1) is 0 Å². The number of nitrogens with two attached hydrogens (primary N) is 1. The normalized spacial score (nSPS) is 30.0. The molecule has 0 aromatic rings. The molecule has 1 saturated heterocycles. The van der Waals surface area contributed by atoms with E-state index in [1.807, 2.05) is 0 Å². The summed E-state index contributed by atoms with van der Waals surface area (Å²) < 4.78 is 5.80. The molecule has 5 heteroatoms. The third-order valence-electron chi connectivity index (χ3n) is 5.16. The lowest BCUT2D eigenvalue weighted by Crippen LogP contribution is -2.61. The molecule has 1 amide bonds. The predicted molar refractivity (Wildman–Crippen MR) is 88.7 cm³/mol. The van der Waals surface area contributed by atoms with Crippen LogP contribution in [0.3, 0.4) is 0 Å². The van der Waals surface area contributed by atoms with Gasteiger partial charge in [0.1, 0.15) is 0 Å². The van der Waals surface area contributed by atoms with Gasteiger partial charge < -0.3 is 15.8 Å². The molecule has 2 fully saturated rings. The van der Waals surface area contributed by atoms with Crippen molar-refractivity contribution in [3.8, 4) is 0 Å². The summed E-state index contributed by atoms with van der Waals surface area (Å²) in [7, 11) is 0. The summed E-state index contributed by atoms with van der Waals surface area (Å²) in [5.41, 5.74) is 5.57. The predicted octanol–water partition coefficient (Wildman–Crippen LogP) is 1.65. The van der Waals surface area contributed by atoms with Crippen molar-refractivity contribution in [2.45, 2.75) is 83.1 Å². The number of carbonyl (C=O) groups is 1. The van der Waals surface area contributed by atoms with Crippen molar-refractivity contribution >= 4 is 5.91 Å². The van der Waals surface area contributed by atoms with Gasteiger partial charge in [0.2, 0.25) is 5.91 Å². The van der Waals surface area contributed by atoms with E-state index < -0.39 is 5.54 Å². The van der Waals surface area contributed by atoms with E-state index >= 15 is 0 Å². The van der Waals surface area contributed by atoms with Gasteiger partial charge in [0.05, 0.1) is 17.7 Å². The monoisotopic (exact) mass is 311 g/mol. The molecule has 2 atom stereocenters. The molecule has 3 N–H and O–H groups in total. The Morgan fingerprint density at radius 2 is 1.77 bits per heavy atom. The lowest BCUT2D eigenvalue weighted by Gasteiger charge is -2.45. The highest BCUT2D eigenvalue weighted by Gasteiger charge is 2.38. The molecule has 5 nitrogen and oxygen atoms in total. The Morgan fingerprint density at radius 1 is 1.23 bits per heavy atom. The van der Waals surface area contributed by atoms with Crippen molar-refractivity contribution in [2.75, 3.05) is 19.6 Å². The van der Waals surface area contributed by atoms with E-state index in [0.29, 0.717) is 6.54 Å². The van der Waals surface area contributed by atoms with E-state index in [1.54, 1.807) is 0 Å². The molecule has 22 heavy (non-hydrogen) atoms. The molecule has 1 aliphatic carbocycles. The minimum absolute atomic E-state index is 0.0228. The first-order valence-corrected chi connectivity index (χ1v) is 8.71. The van der Waals surface area contributed by atoms with Crippen LogP contribution >= 0.6 is 0 Å². The lowest BCUT2D eigenvalue weighted by molar-refractivity contribution is -0.129. The van der Waals surface area contributed by atoms with Gasteiger partial charge in [-0.05, 0) is 40.5 Å². The first-order valence-electron chi connectivity index (χ1n) is 8.71. The Hall–Kier alpha value is -0.650. The summed E-state index contributed by atoms with van der Waals surface area (Å²) in [6, 6.07) is 0. The zero-order valence-electron chi connectivity index (χ0n) is 14.7. The van der Waals surface area contributed by atoms with Gasteiger partial charge in [-0.2, -0.15) is 0 Å². The van der Waals surface area contributed by atoms with Crippen molar-refractivity contribution in [1.29, 1.82) is 0 Å². The second-order valence-electron chi connectivity index (χ2n) is 7.87. The number of nitrogens with zero attached hydrogens (tertiary/aromatic N) is 1. The Kier molecular flexibility index (Phi) is 5.51. The van der Waals surface area contributed by atoms with Crippen LogP contribution in [0.2, 0.25) is 0 Å². The van der Waals surface area contributed by atoms with Crippen LogP contribution in [0.4, 0.5) is 0 Å². The SMILES string of the molecule is CC1CN(C(C)(C)CNC(=O)C2(N)CCCCC2)CC(C)O1. The smallest absolute Gasteiger partial charge is 0.240 e. The average molecular weight is 311 g/mol. The first-order chi connectivity index (χ1) is 10.2. The molecule has 0 aromatic carbocycles. The van der Waals surface area contributed by atoms with E-state index in [4.69, 9.17) is 10.5 Å². The van der Waals surface area contributed by atoms with E-state index in [0.717, 1.165) is 38.8 Å². The number of rotatable bonds is 4. The zero-order valence-corrected chi connectivity index (χ0v) is 14.7. The maximum Gasteiger partial charge on any atom is 0.240 e. The van der Waals surface area contributed by atoms with Gasteiger partial charge in [0.25, 0.3) is 0 Å². The molecule has 128 valence electrons. The van der Waals surface area contributed by atoms with Crippen LogP contribution in [-0.4, -0.2) is 53.7 Å². The fraction of sp³-hybridized carbons (Fsp3) is 0.941. The van der Waals surface area contributed by atoms with Crippen LogP contribution in [0.1, 0.15) is 59.8 Å². The van der Waals surface area contributed by atoms with Gasteiger partial charge in [0.15, 0.2) is 0 Å². The molecule has 2 aliphatic rings. The summed E-state index contributed by atoms with van der Waals surface area (Å²) in [5, 5.41) is 3.11. The third-order valence-corrected chi connectivity index (χ3v) is 5.16. The van der Waals surface area contributed by atoms with Gasteiger partial charge in [-0.25, -0.2) is 0 Å². The number of hydrogen-bond acceptors (Lipinski definition) is 4. The van der Waals surface area contributed by atoms with Crippen molar-refractivity contribution in [1.82, 2.24) is 10.2 Å². The van der Waals surface area contributed by atoms with E-state index in [2.05, 4.69) is 37.9 Å². The molecule has 2 rings (SSSR count). The molecule has 1 saturated carbocycles. The van der Waals surface area contributed by atoms with Crippen LogP contribution < -0.4 is 11.1 Å². The van der Waals surface area contributed by atoms with Crippen LogP contribution in [-0.2, 0) is 9.53 Å². The van der Waals surface area contributed by atoms with Crippen LogP contribution in [0.5, 0.6) is 0 Å². The second kappa shape index (κ2) is 6.85. The molecular formula is C17H33N3O2. The highest BCUT2D eigenvalue weighted by molar-refractivity contribution is 5.86. The highest BCUT2D eigenvalue weighted by atomic mass is 16.5. The Labute approximate surface area is 134 Å². The van der Waals surface area contributed by atoms with E-state index in [-0.39, 0.29) is 23.7 Å². The average Bonchev–Trinajstić information content (AvgIpc) is 2.44. The first kappa shape index (κ1) is 17.7. The summed E-state index contributed by atoms with van der Waals surface area (Å²) in [4.78, 5) is 14.9. The number of morpholine rings is 1.